The van der Waals surface area contributed by atoms with E-state index >= 15 is 0 Å². The Morgan fingerprint density at radius 2 is 1.86 bits per heavy atom. The molecule has 0 aliphatic heterocycles. The van der Waals surface area contributed by atoms with Gasteiger partial charge in [-0.1, -0.05) is 18.2 Å². The van der Waals surface area contributed by atoms with Gasteiger partial charge in [0.05, 0.1) is 18.0 Å². The second-order valence-corrected chi connectivity index (χ2v) is 8.74. The van der Waals surface area contributed by atoms with E-state index in [-0.39, 0.29) is 11.4 Å². The van der Waals surface area contributed by atoms with Crippen LogP contribution in [0.4, 0.5) is 0 Å². The van der Waals surface area contributed by atoms with Crippen molar-refractivity contribution in [1.82, 2.24) is 10.0 Å². The van der Waals surface area contributed by atoms with Gasteiger partial charge in [-0.2, -0.15) is 0 Å². The molecule has 1 aliphatic rings. The van der Waals surface area contributed by atoms with Crippen LogP contribution in [-0.2, 0) is 27.7 Å². The van der Waals surface area contributed by atoms with Crippen LogP contribution in [0, 0.1) is 6.92 Å². The summed E-state index contributed by atoms with van der Waals surface area (Å²) in [5.41, 5.74) is 3.40. The number of ether oxygens (including phenoxy) is 1. The van der Waals surface area contributed by atoms with E-state index in [1.54, 1.807) is 12.1 Å². The molecule has 0 saturated carbocycles. The molecule has 2 N–H and O–H groups in total. The lowest BCUT2D eigenvalue weighted by Crippen LogP contribution is -2.38. The third kappa shape index (κ3) is 5.56. The van der Waals surface area contributed by atoms with E-state index in [4.69, 9.17) is 4.74 Å². The number of carbonyl (C=O) groups excluding carboxylic acids is 1. The van der Waals surface area contributed by atoms with Gasteiger partial charge in [-0.15, -0.1) is 0 Å². The molecule has 2 aromatic rings. The highest BCUT2D eigenvalue weighted by Gasteiger charge is 2.18. The van der Waals surface area contributed by atoms with Crippen molar-refractivity contribution in [3.05, 3.63) is 59.2 Å². The van der Waals surface area contributed by atoms with Gasteiger partial charge >= 0.3 is 0 Å². The molecule has 150 valence electrons. The first-order chi connectivity index (χ1) is 13.4. The van der Waals surface area contributed by atoms with E-state index in [9.17, 15) is 13.2 Å². The van der Waals surface area contributed by atoms with Crippen LogP contribution >= 0.6 is 0 Å². The molecule has 0 fully saturated rings. The first kappa shape index (κ1) is 20.4. The average molecular weight is 403 g/mol. The van der Waals surface area contributed by atoms with Crippen molar-refractivity contribution in [1.29, 1.82) is 0 Å². The third-order valence-corrected chi connectivity index (χ3v) is 6.13. The van der Waals surface area contributed by atoms with Gasteiger partial charge in [-0.3, -0.25) is 4.79 Å². The van der Waals surface area contributed by atoms with Crippen molar-refractivity contribution in [3.63, 3.8) is 0 Å². The van der Waals surface area contributed by atoms with Gasteiger partial charge in [-0.25, -0.2) is 13.1 Å². The summed E-state index contributed by atoms with van der Waals surface area (Å²) in [4.78, 5) is 12.1. The summed E-state index contributed by atoms with van der Waals surface area (Å²) < 4.78 is 32.8. The summed E-state index contributed by atoms with van der Waals surface area (Å²) in [5, 5.41) is 2.65. The molecule has 0 bridgehead atoms. The molecule has 1 aliphatic carbocycles. The molecule has 0 unspecified atom stereocenters. The summed E-state index contributed by atoms with van der Waals surface area (Å²) >= 11 is 0. The maximum atomic E-state index is 12.5. The molecular formula is C21H26N2O4S. The van der Waals surface area contributed by atoms with E-state index in [1.807, 2.05) is 37.3 Å². The van der Waals surface area contributed by atoms with Gasteiger partial charge in [0.1, 0.15) is 12.4 Å². The minimum Gasteiger partial charge on any atom is -0.492 e. The van der Waals surface area contributed by atoms with Crippen molar-refractivity contribution in [2.75, 3.05) is 19.7 Å². The molecule has 0 heterocycles. The number of benzene rings is 2. The number of rotatable bonds is 8. The van der Waals surface area contributed by atoms with E-state index < -0.39 is 15.9 Å². The fourth-order valence-corrected chi connectivity index (χ4v) is 4.28. The van der Waals surface area contributed by atoms with Crippen molar-refractivity contribution >= 4 is 15.9 Å². The quantitative estimate of drug-likeness (QED) is 0.664. The second-order valence-electron chi connectivity index (χ2n) is 6.98. The summed E-state index contributed by atoms with van der Waals surface area (Å²) in [6.45, 7) is 2.28. The smallest absolute Gasteiger partial charge is 0.241 e. The molecule has 1 amide bonds. The molecule has 3 rings (SSSR count). The van der Waals surface area contributed by atoms with Crippen LogP contribution in [0.5, 0.6) is 5.75 Å². The van der Waals surface area contributed by atoms with Crippen LogP contribution in [0.3, 0.4) is 0 Å². The summed E-state index contributed by atoms with van der Waals surface area (Å²) in [6, 6.07) is 12.9. The summed E-state index contributed by atoms with van der Waals surface area (Å²) in [5.74, 6) is 0.344. The lowest BCUT2D eigenvalue weighted by atomic mass is 9.92. The zero-order valence-corrected chi connectivity index (χ0v) is 16.8. The molecule has 28 heavy (non-hydrogen) atoms. The van der Waals surface area contributed by atoms with Crippen LogP contribution in [0.2, 0.25) is 0 Å². The zero-order chi connectivity index (χ0) is 20.0. The maximum absolute atomic E-state index is 12.5. The normalized spacial score (nSPS) is 13.6. The topological polar surface area (TPSA) is 84.5 Å². The third-order valence-electron chi connectivity index (χ3n) is 4.74. The molecule has 0 radical (unpaired) electrons. The van der Waals surface area contributed by atoms with Crippen molar-refractivity contribution < 1.29 is 17.9 Å². The van der Waals surface area contributed by atoms with Gasteiger partial charge in [-0.05, 0) is 73.6 Å². The number of hydrogen-bond acceptors (Lipinski definition) is 4. The highest BCUT2D eigenvalue weighted by Crippen LogP contribution is 2.23. The summed E-state index contributed by atoms with van der Waals surface area (Å²) in [7, 11) is -3.71. The number of nitrogens with one attached hydrogen (secondary N) is 2. The standard InChI is InChI=1S/C21H26N2O4S/c1-16-5-4-8-19(13-16)27-12-11-22-21(24)15-23-28(25,26)20-10-9-17-6-2-3-7-18(17)14-20/h4-5,8-10,13-14,23H,2-3,6-7,11-12,15H2,1H3,(H,22,24). The predicted molar refractivity (Wildman–Crippen MR) is 108 cm³/mol. The highest BCUT2D eigenvalue weighted by molar-refractivity contribution is 7.89. The first-order valence-electron chi connectivity index (χ1n) is 9.52. The minimum absolute atomic E-state index is 0.212. The number of amides is 1. The molecule has 0 aromatic heterocycles. The summed E-state index contributed by atoms with van der Waals surface area (Å²) in [6.07, 6.45) is 4.12. The van der Waals surface area contributed by atoms with Gasteiger partial charge in [0.25, 0.3) is 0 Å². The molecule has 0 saturated heterocycles. The fourth-order valence-electron chi connectivity index (χ4n) is 3.25. The fraction of sp³-hybridized carbons (Fsp3) is 0.381. The average Bonchev–Trinajstić information content (AvgIpc) is 2.69. The number of hydrogen-bond donors (Lipinski definition) is 2. The lowest BCUT2D eigenvalue weighted by Gasteiger charge is -2.16. The Kier molecular flexibility index (Phi) is 6.70. The van der Waals surface area contributed by atoms with Crippen molar-refractivity contribution in [2.24, 2.45) is 0 Å². The zero-order valence-electron chi connectivity index (χ0n) is 16.0. The lowest BCUT2D eigenvalue weighted by molar-refractivity contribution is -0.120. The number of carbonyl (C=O) groups is 1. The van der Waals surface area contributed by atoms with Crippen LogP contribution in [0.15, 0.2) is 47.4 Å². The highest BCUT2D eigenvalue weighted by atomic mass is 32.2. The van der Waals surface area contributed by atoms with Crippen molar-refractivity contribution in [2.45, 2.75) is 37.5 Å². The van der Waals surface area contributed by atoms with E-state index in [0.29, 0.717) is 13.2 Å². The largest absolute Gasteiger partial charge is 0.492 e. The minimum atomic E-state index is -3.71. The molecule has 6 nitrogen and oxygen atoms in total. The SMILES string of the molecule is Cc1cccc(OCCNC(=O)CNS(=O)(=O)c2ccc3c(c2)CCCC3)c1. The van der Waals surface area contributed by atoms with E-state index in [1.165, 1.54) is 5.56 Å². The first-order valence-corrected chi connectivity index (χ1v) is 11.0. The Hall–Kier alpha value is -2.38. The maximum Gasteiger partial charge on any atom is 0.241 e. The molecule has 0 spiro atoms. The number of aryl methyl sites for hydroxylation is 3. The molecule has 7 heteroatoms. The van der Waals surface area contributed by atoms with Crippen LogP contribution < -0.4 is 14.8 Å². The Morgan fingerprint density at radius 3 is 2.64 bits per heavy atom. The molecular weight excluding hydrogens is 376 g/mol. The van der Waals surface area contributed by atoms with Crippen molar-refractivity contribution in [3.8, 4) is 5.75 Å². The Bertz CT molecular complexity index is 941. The Balaban J connectivity index is 1.44. The van der Waals surface area contributed by atoms with E-state index in [2.05, 4.69) is 10.0 Å². The second kappa shape index (κ2) is 9.21. The van der Waals surface area contributed by atoms with E-state index in [0.717, 1.165) is 42.6 Å². The predicted octanol–water partition coefficient (Wildman–Crippen LogP) is 2.35. The van der Waals surface area contributed by atoms with Gasteiger partial charge in [0.15, 0.2) is 0 Å². The van der Waals surface area contributed by atoms with Gasteiger partial charge < -0.3 is 10.1 Å². The van der Waals surface area contributed by atoms with Gasteiger partial charge in [0, 0.05) is 0 Å². The number of sulfonamides is 1. The van der Waals surface area contributed by atoms with Crippen LogP contribution in [-0.4, -0.2) is 34.0 Å². The number of fused-ring (bicyclic) bond motifs is 1. The van der Waals surface area contributed by atoms with Crippen LogP contribution in [0.25, 0.3) is 0 Å². The van der Waals surface area contributed by atoms with Gasteiger partial charge in [0.2, 0.25) is 15.9 Å². The van der Waals surface area contributed by atoms with Crippen LogP contribution in [0.1, 0.15) is 29.5 Å². The molecule has 2 aromatic carbocycles. The Morgan fingerprint density at radius 1 is 1.07 bits per heavy atom. The molecule has 0 atom stereocenters. The monoisotopic (exact) mass is 402 g/mol. The Labute approximate surface area is 166 Å².